The lowest BCUT2D eigenvalue weighted by Gasteiger charge is -2.08. The van der Waals surface area contributed by atoms with Gasteiger partial charge in [-0.15, -0.1) is 0 Å². The third-order valence-corrected chi connectivity index (χ3v) is 4.13. The molecule has 0 atom stereocenters. The van der Waals surface area contributed by atoms with E-state index in [2.05, 4.69) is 44.9 Å². The first-order valence-corrected chi connectivity index (χ1v) is 8.10. The molecule has 1 aliphatic carbocycles. The molecule has 0 spiro atoms. The van der Waals surface area contributed by atoms with Crippen molar-refractivity contribution in [1.29, 1.82) is 0 Å². The molecular formula is C16H25N5. The van der Waals surface area contributed by atoms with E-state index in [1.165, 1.54) is 25.7 Å². The summed E-state index contributed by atoms with van der Waals surface area (Å²) in [5, 5.41) is 8.10. The molecular weight excluding hydrogens is 262 g/mol. The van der Waals surface area contributed by atoms with Gasteiger partial charge < -0.3 is 9.88 Å². The van der Waals surface area contributed by atoms with Gasteiger partial charge in [0.1, 0.15) is 0 Å². The number of rotatable bonds is 7. The zero-order valence-electron chi connectivity index (χ0n) is 12.8. The van der Waals surface area contributed by atoms with Crippen LogP contribution in [0.1, 0.15) is 56.5 Å². The summed E-state index contributed by atoms with van der Waals surface area (Å²) in [5.41, 5.74) is 2.21. The van der Waals surface area contributed by atoms with Crippen LogP contribution < -0.4 is 5.32 Å². The van der Waals surface area contributed by atoms with E-state index in [1.54, 1.807) is 0 Å². The molecule has 5 nitrogen and oxygen atoms in total. The van der Waals surface area contributed by atoms with Crippen molar-refractivity contribution in [2.45, 2.75) is 58.2 Å². The minimum atomic E-state index is 0.621. The normalized spacial score (nSPS) is 15.9. The van der Waals surface area contributed by atoms with E-state index >= 15 is 0 Å². The number of aromatic nitrogens is 4. The highest BCUT2D eigenvalue weighted by Crippen LogP contribution is 2.28. The quantitative estimate of drug-likeness (QED) is 0.797. The van der Waals surface area contributed by atoms with Crippen molar-refractivity contribution >= 4 is 0 Å². The van der Waals surface area contributed by atoms with Gasteiger partial charge in [0.15, 0.2) is 0 Å². The van der Waals surface area contributed by atoms with Crippen LogP contribution in [-0.4, -0.2) is 25.9 Å². The number of nitrogens with zero attached hydrogens (tertiary/aromatic N) is 4. The van der Waals surface area contributed by atoms with Crippen molar-refractivity contribution in [1.82, 2.24) is 24.6 Å². The van der Waals surface area contributed by atoms with Crippen molar-refractivity contribution in [3.63, 3.8) is 0 Å². The van der Waals surface area contributed by atoms with Gasteiger partial charge >= 0.3 is 0 Å². The first-order chi connectivity index (χ1) is 10.3. The molecule has 0 unspecified atom stereocenters. The SMILES string of the molecule is CCCNCc1cn(Cc2ccn(C3CCCC3)n2)cn1. The molecule has 0 saturated heterocycles. The van der Waals surface area contributed by atoms with Gasteiger partial charge in [0, 0.05) is 18.9 Å². The lowest BCUT2D eigenvalue weighted by atomic mass is 10.3. The average molecular weight is 287 g/mol. The van der Waals surface area contributed by atoms with Gasteiger partial charge in [-0.05, 0) is 31.9 Å². The van der Waals surface area contributed by atoms with Crippen LogP contribution in [-0.2, 0) is 13.1 Å². The molecule has 0 radical (unpaired) electrons. The predicted octanol–water partition coefficient (Wildman–Crippen LogP) is 2.74. The summed E-state index contributed by atoms with van der Waals surface area (Å²) in [7, 11) is 0. The topological polar surface area (TPSA) is 47.7 Å². The molecule has 0 aliphatic heterocycles. The van der Waals surface area contributed by atoms with Gasteiger partial charge in [-0.1, -0.05) is 19.8 Å². The van der Waals surface area contributed by atoms with Gasteiger partial charge in [0.25, 0.3) is 0 Å². The summed E-state index contributed by atoms with van der Waals surface area (Å²) >= 11 is 0. The van der Waals surface area contributed by atoms with Crippen LogP contribution in [0.3, 0.4) is 0 Å². The first kappa shape index (κ1) is 14.3. The third-order valence-electron chi connectivity index (χ3n) is 4.13. The van der Waals surface area contributed by atoms with E-state index in [4.69, 9.17) is 5.10 Å². The molecule has 2 aromatic heterocycles. The molecule has 3 rings (SSSR count). The fourth-order valence-corrected chi connectivity index (χ4v) is 3.00. The van der Waals surface area contributed by atoms with E-state index in [9.17, 15) is 0 Å². The van der Waals surface area contributed by atoms with E-state index < -0.39 is 0 Å². The number of imidazole rings is 1. The molecule has 21 heavy (non-hydrogen) atoms. The number of hydrogen-bond acceptors (Lipinski definition) is 3. The molecule has 1 saturated carbocycles. The van der Waals surface area contributed by atoms with Gasteiger partial charge in [0.05, 0.1) is 30.3 Å². The van der Waals surface area contributed by atoms with E-state index in [-0.39, 0.29) is 0 Å². The fraction of sp³-hybridized carbons (Fsp3) is 0.625. The number of nitrogens with one attached hydrogen (secondary N) is 1. The van der Waals surface area contributed by atoms with Crippen molar-refractivity contribution in [2.75, 3.05) is 6.54 Å². The van der Waals surface area contributed by atoms with Crippen LogP contribution >= 0.6 is 0 Å². The Hall–Kier alpha value is -1.62. The van der Waals surface area contributed by atoms with E-state index in [0.29, 0.717) is 6.04 Å². The first-order valence-electron chi connectivity index (χ1n) is 8.10. The molecule has 2 heterocycles. The molecule has 114 valence electrons. The minimum absolute atomic E-state index is 0.621. The monoisotopic (exact) mass is 287 g/mol. The summed E-state index contributed by atoms with van der Waals surface area (Å²) in [5.74, 6) is 0. The highest BCUT2D eigenvalue weighted by Gasteiger charge is 2.17. The molecule has 2 aromatic rings. The average Bonchev–Trinajstić information content (AvgIpc) is 3.20. The maximum Gasteiger partial charge on any atom is 0.0953 e. The summed E-state index contributed by atoms with van der Waals surface area (Å²) in [6, 6.07) is 2.75. The highest BCUT2D eigenvalue weighted by atomic mass is 15.3. The highest BCUT2D eigenvalue weighted by molar-refractivity contribution is 5.04. The second kappa shape index (κ2) is 6.89. The largest absolute Gasteiger partial charge is 0.331 e. The van der Waals surface area contributed by atoms with Crippen LogP contribution in [0.15, 0.2) is 24.8 Å². The second-order valence-corrected chi connectivity index (χ2v) is 5.94. The lowest BCUT2D eigenvalue weighted by Crippen LogP contribution is -2.13. The van der Waals surface area contributed by atoms with Crippen LogP contribution in [0, 0.1) is 0 Å². The van der Waals surface area contributed by atoms with Crippen LogP contribution in [0.4, 0.5) is 0 Å². The molecule has 1 fully saturated rings. The maximum absolute atomic E-state index is 4.72. The summed E-state index contributed by atoms with van der Waals surface area (Å²) in [6.45, 7) is 4.86. The summed E-state index contributed by atoms with van der Waals surface area (Å²) in [4.78, 5) is 4.43. The Labute approximate surface area is 126 Å². The fourth-order valence-electron chi connectivity index (χ4n) is 3.00. The smallest absolute Gasteiger partial charge is 0.0953 e. The Balaban J connectivity index is 1.56. The van der Waals surface area contributed by atoms with Crippen molar-refractivity contribution in [3.8, 4) is 0 Å². The Morgan fingerprint density at radius 3 is 2.95 bits per heavy atom. The third kappa shape index (κ3) is 3.73. The van der Waals surface area contributed by atoms with Crippen molar-refractivity contribution < 1.29 is 0 Å². The zero-order valence-corrected chi connectivity index (χ0v) is 12.8. The standard InChI is InChI=1S/C16H25N5/c1-2-8-17-10-15-12-20(13-18-15)11-14-7-9-21(19-14)16-5-3-4-6-16/h7,9,12-13,16-17H,2-6,8,10-11H2,1H3. The van der Waals surface area contributed by atoms with Crippen LogP contribution in [0.2, 0.25) is 0 Å². The van der Waals surface area contributed by atoms with Gasteiger partial charge in [-0.3, -0.25) is 4.68 Å². The van der Waals surface area contributed by atoms with Gasteiger partial charge in [-0.2, -0.15) is 5.10 Å². The van der Waals surface area contributed by atoms with Crippen molar-refractivity contribution in [2.24, 2.45) is 0 Å². The molecule has 0 amide bonds. The molecule has 0 bridgehead atoms. The maximum atomic E-state index is 4.72. The number of hydrogen-bond donors (Lipinski definition) is 1. The summed E-state index contributed by atoms with van der Waals surface area (Å²) in [6.07, 6.45) is 12.5. The van der Waals surface area contributed by atoms with Gasteiger partial charge in [0.2, 0.25) is 0 Å². The van der Waals surface area contributed by atoms with Crippen LogP contribution in [0.5, 0.6) is 0 Å². The molecule has 1 aliphatic rings. The van der Waals surface area contributed by atoms with Crippen LogP contribution in [0.25, 0.3) is 0 Å². The predicted molar refractivity (Wildman–Crippen MR) is 83.1 cm³/mol. The molecule has 5 heteroatoms. The Morgan fingerprint density at radius 1 is 1.29 bits per heavy atom. The van der Waals surface area contributed by atoms with Crippen molar-refractivity contribution in [3.05, 3.63) is 36.2 Å². The Kier molecular flexibility index (Phi) is 4.70. The van der Waals surface area contributed by atoms with E-state index in [1.807, 2.05) is 6.33 Å². The Bertz CT molecular complexity index is 551. The van der Waals surface area contributed by atoms with E-state index in [0.717, 1.165) is 37.4 Å². The minimum Gasteiger partial charge on any atom is -0.331 e. The second-order valence-electron chi connectivity index (χ2n) is 5.94. The summed E-state index contributed by atoms with van der Waals surface area (Å²) < 4.78 is 4.27. The molecule has 1 N–H and O–H groups in total. The molecule has 0 aromatic carbocycles. The Morgan fingerprint density at radius 2 is 2.14 bits per heavy atom. The zero-order chi connectivity index (χ0) is 14.5. The van der Waals surface area contributed by atoms with Gasteiger partial charge in [-0.25, -0.2) is 4.98 Å². The lowest BCUT2D eigenvalue weighted by molar-refractivity contribution is 0.461.